The molecule has 1 rings (SSSR count). The first-order valence-electron chi connectivity index (χ1n) is 3.10. The molecule has 0 unspecified atom stereocenters. The lowest BCUT2D eigenvalue weighted by atomic mass is 10.3. The molecule has 1 aliphatic heterocycles. The summed E-state index contributed by atoms with van der Waals surface area (Å²) in [6.07, 6.45) is 0.942. The maximum atomic E-state index is 9.05. The van der Waals surface area contributed by atoms with E-state index >= 15 is 0 Å². The number of likely N-dealkylation sites (tertiary alicyclic amines) is 1. The van der Waals surface area contributed by atoms with Crippen molar-refractivity contribution in [2.45, 2.75) is 12.5 Å². The number of nitrogens with zero attached hydrogens (tertiary/aromatic N) is 1. The fraction of sp³-hybridized carbons (Fsp3) is 1.00. The smallest absolute Gasteiger partial charge is 0.108 e. The molecule has 0 aliphatic carbocycles. The van der Waals surface area contributed by atoms with Gasteiger partial charge in [-0.1, -0.05) is 0 Å². The normalized spacial score (nSPS) is 35.6. The van der Waals surface area contributed by atoms with Crippen LogP contribution in [0.15, 0.2) is 0 Å². The molecular weight excluding hydrogens is 102 g/mol. The molecule has 1 saturated heterocycles. The summed E-state index contributed by atoms with van der Waals surface area (Å²) in [5.74, 6) is 0. The van der Waals surface area contributed by atoms with Gasteiger partial charge in [0.1, 0.15) is 12.6 Å². The van der Waals surface area contributed by atoms with E-state index in [-0.39, 0.29) is 6.10 Å². The van der Waals surface area contributed by atoms with E-state index in [9.17, 15) is 0 Å². The SMILES string of the molecule is C[N+]1(C)CC[C@H](O)C1. The van der Waals surface area contributed by atoms with Crippen molar-refractivity contribution in [1.82, 2.24) is 0 Å². The molecular formula is C6H14NO+. The maximum Gasteiger partial charge on any atom is 0.108 e. The summed E-state index contributed by atoms with van der Waals surface area (Å²) < 4.78 is 0.987. The Bertz CT molecular complexity index is 90.5. The second-order valence-electron chi connectivity index (χ2n) is 3.28. The molecule has 1 heterocycles. The summed E-state index contributed by atoms with van der Waals surface area (Å²) >= 11 is 0. The molecule has 2 nitrogen and oxygen atoms in total. The maximum absolute atomic E-state index is 9.05. The fourth-order valence-electron chi connectivity index (χ4n) is 1.25. The van der Waals surface area contributed by atoms with Crippen molar-refractivity contribution in [3.8, 4) is 0 Å². The minimum Gasteiger partial charge on any atom is -0.387 e. The fourth-order valence-corrected chi connectivity index (χ4v) is 1.25. The molecule has 1 atom stereocenters. The van der Waals surface area contributed by atoms with Crippen molar-refractivity contribution in [3.05, 3.63) is 0 Å². The Hall–Kier alpha value is -0.0800. The van der Waals surface area contributed by atoms with Gasteiger partial charge in [0, 0.05) is 6.42 Å². The van der Waals surface area contributed by atoms with Crippen LogP contribution in [-0.2, 0) is 0 Å². The van der Waals surface area contributed by atoms with E-state index in [1.165, 1.54) is 0 Å². The minimum atomic E-state index is -0.0370. The van der Waals surface area contributed by atoms with E-state index in [1.807, 2.05) is 0 Å². The molecule has 48 valence electrons. The number of aliphatic hydroxyl groups excluding tert-OH is 1. The molecule has 0 aromatic rings. The van der Waals surface area contributed by atoms with Crippen LogP contribution in [0.3, 0.4) is 0 Å². The number of quaternary nitrogens is 1. The van der Waals surface area contributed by atoms with Crippen LogP contribution in [0.1, 0.15) is 6.42 Å². The zero-order chi connectivity index (χ0) is 6.20. The number of likely N-dealkylation sites (N-methyl/N-ethyl adjacent to an activating group) is 1. The average molecular weight is 116 g/mol. The Morgan fingerprint density at radius 2 is 2.12 bits per heavy atom. The lowest BCUT2D eigenvalue weighted by Crippen LogP contribution is -2.37. The Kier molecular flexibility index (Phi) is 1.29. The van der Waals surface area contributed by atoms with E-state index < -0.39 is 0 Å². The van der Waals surface area contributed by atoms with Gasteiger partial charge in [-0.25, -0.2) is 0 Å². The molecule has 1 aliphatic rings. The highest BCUT2D eigenvalue weighted by atomic mass is 16.3. The molecule has 8 heavy (non-hydrogen) atoms. The average Bonchev–Trinajstić information content (AvgIpc) is 1.82. The molecule has 0 bridgehead atoms. The van der Waals surface area contributed by atoms with Gasteiger partial charge in [0.2, 0.25) is 0 Å². The third kappa shape index (κ3) is 1.20. The van der Waals surface area contributed by atoms with Gasteiger partial charge in [-0.15, -0.1) is 0 Å². The minimum absolute atomic E-state index is 0.0370. The summed E-state index contributed by atoms with van der Waals surface area (Å²) in [4.78, 5) is 0. The highest BCUT2D eigenvalue weighted by Crippen LogP contribution is 2.12. The molecule has 1 N–H and O–H groups in total. The number of rotatable bonds is 0. The quantitative estimate of drug-likeness (QED) is 0.436. The van der Waals surface area contributed by atoms with Gasteiger partial charge in [0.15, 0.2) is 0 Å². The number of hydrogen-bond acceptors (Lipinski definition) is 1. The predicted molar refractivity (Wildman–Crippen MR) is 32.5 cm³/mol. The second-order valence-corrected chi connectivity index (χ2v) is 3.28. The van der Waals surface area contributed by atoms with E-state index in [4.69, 9.17) is 5.11 Å². The largest absolute Gasteiger partial charge is 0.387 e. The third-order valence-corrected chi connectivity index (χ3v) is 1.77. The Morgan fingerprint density at radius 1 is 1.50 bits per heavy atom. The summed E-state index contributed by atoms with van der Waals surface area (Å²) in [7, 11) is 4.30. The first-order chi connectivity index (χ1) is 3.60. The third-order valence-electron chi connectivity index (χ3n) is 1.77. The molecule has 0 amide bonds. The summed E-state index contributed by atoms with van der Waals surface area (Å²) in [6, 6.07) is 0. The van der Waals surface area contributed by atoms with E-state index in [2.05, 4.69) is 14.1 Å². The molecule has 0 aromatic carbocycles. The Labute approximate surface area is 50.3 Å². The summed E-state index contributed by atoms with van der Waals surface area (Å²) in [5.41, 5.74) is 0. The van der Waals surface area contributed by atoms with Gasteiger partial charge in [-0.2, -0.15) is 0 Å². The van der Waals surface area contributed by atoms with Crippen LogP contribution in [0.2, 0.25) is 0 Å². The second kappa shape index (κ2) is 1.71. The highest BCUT2D eigenvalue weighted by molar-refractivity contribution is 4.60. The van der Waals surface area contributed by atoms with Crippen molar-refractivity contribution in [3.63, 3.8) is 0 Å². The van der Waals surface area contributed by atoms with E-state index in [0.717, 1.165) is 24.0 Å². The predicted octanol–water partition coefficient (Wildman–Crippen LogP) is -0.173. The van der Waals surface area contributed by atoms with Crippen LogP contribution in [0.5, 0.6) is 0 Å². The van der Waals surface area contributed by atoms with Crippen LogP contribution in [0, 0.1) is 0 Å². The number of aliphatic hydroxyl groups is 1. The van der Waals surface area contributed by atoms with E-state index in [0.29, 0.717) is 0 Å². The lowest BCUT2D eigenvalue weighted by Gasteiger charge is -2.22. The van der Waals surface area contributed by atoms with Gasteiger partial charge in [0.25, 0.3) is 0 Å². The summed E-state index contributed by atoms with van der Waals surface area (Å²) in [5, 5.41) is 9.05. The van der Waals surface area contributed by atoms with Crippen molar-refractivity contribution in [2.75, 3.05) is 27.2 Å². The first-order valence-corrected chi connectivity index (χ1v) is 3.10. The molecule has 0 radical (unpaired) electrons. The monoisotopic (exact) mass is 116 g/mol. The van der Waals surface area contributed by atoms with Crippen LogP contribution in [0.4, 0.5) is 0 Å². The van der Waals surface area contributed by atoms with E-state index in [1.54, 1.807) is 0 Å². The van der Waals surface area contributed by atoms with Crippen molar-refractivity contribution in [2.24, 2.45) is 0 Å². The zero-order valence-electron chi connectivity index (χ0n) is 5.59. The Morgan fingerprint density at radius 3 is 2.25 bits per heavy atom. The topological polar surface area (TPSA) is 20.2 Å². The molecule has 1 fully saturated rings. The Balaban J connectivity index is 2.44. The summed E-state index contributed by atoms with van der Waals surface area (Å²) in [6.45, 7) is 2.06. The number of hydrogen-bond donors (Lipinski definition) is 1. The van der Waals surface area contributed by atoms with Crippen molar-refractivity contribution >= 4 is 0 Å². The van der Waals surface area contributed by atoms with Gasteiger partial charge in [0.05, 0.1) is 20.6 Å². The van der Waals surface area contributed by atoms with Crippen LogP contribution < -0.4 is 0 Å². The molecule has 0 aromatic heterocycles. The first kappa shape index (κ1) is 6.05. The zero-order valence-corrected chi connectivity index (χ0v) is 5.59. The lowest BCUT2D eigenvalue weighted by molar-refractivity contribution is -0.879. The van der Waals surface area contributed by atoms with Crippen LogP contribution in [-0.4, -0.2) is 42.9 Å². The standard InChI is InChI=1S/C6H14NO/c1-7(2)4-3-6(8)5-7/h6,8H,3-5H2,1-2H3/q+1/t6-/m0/s1. The van der Waals surface area contributed by atoms with Gasteiger partial charge < -0.3 is 9.59 Å². The van der Waals surface area contributed by atoms with Crippen LogP contribution in [0.25, 0.3) is 0 Å². The molecule has 2 heteroatoms. The van der Waals surface area contributed by atoms with Crippen molar-refractivity contribution in [1.29, 1.82) is 0 Å². The molecule has 0 saturated carbocycles. The molecule has 0 spiro atoms. The van der Waals surface area contributed by atoms with Crippen LogP contribution >= 0.6 is 0 Å². The van der Waals surface area contributed by atoms with Crippen molar-refractivity contribution < 1.29 is 9.59 Å². The highest BCUT2D eigenvalue weighted by Gasteiger charge is 2.28. The van der Waals surface area contributed by atoms with Gasteiger partial charge >= 0.3 is 0 Å². The van der Waals surface area contributed by atoms with Gasteiger partial charge in [-0.3, -0.25) is 0 Å². The van der Waals surface area contributed by atoms with Gasteiger partial charge in [-0.05, 0) is 0 Å².